The van der Waals surface area contributed by atoms with Gasteiger partial charge in [0.05, 0.1) is 6.61 Å². The van der Waals surface area contributed by atoms with E-state index in [9.17, 15) is 4.79 Å². The molecule has 0 unspecified atom stereocenters. The zero-order chi connectivity index (χ0) is 14.2. The maximum Gasteiger partial charge on any atom is 0.225 e. The Bertz CT molecular complexity index is 429. The van der Waals surface area contributed by atoms with Crippen molar-refractivity contribution in [2.45, 2.75) is 19.4 Å². The summed E-state index contributed by atoms with van der Waals surface area (Å²) in [4.78, 5) is 14.3. The maximum absolute atomic E-state index is 12.0. The van der Waals surface area contributed by atoms with E-state index in [1.807, 2.05) is 24.3 Å². The number of hydrogen-bond acceptors (Lipinski definition) is 4. The molecule has 0 saturated carbocycles. The van der Waals surface area contributed by atoms with E-state index in [2.05, 4.69) is 10.2 Å². The molecule has 1 heterocycles. The molecule has 1 amide bonds. The van der Waals surface area contributed by atoms with Gasteiger partial charge in [-0.3, -0.25) is 4.79 Å². The molecule has 0 spiro atoms. The molecule has 5 nitrogen and oxygen atoms in total. The number of nitrogens with two attached hydrogens (primary N) is 1. The molecule has 0 atom stereocenters. The third kappa shape index (κ3) is 4.59. The van der Waals surface area contributed by atoms with Crippen molar-refractivity contribution in [2.75, 3.05) is 38.2 Å². The summed E-state index contributed by atoms with van der Waals surface area (Å²) in [6.45, 7) is 4.71. The number of benzene rings is 1. The molecule has 0 bridgehead atoms. The van der Waals surface area contributed by atoms with Crippen molar-refractivity contribution in [2.24, 2.45) is 5.73 Å². The molecule has 1 aliphatic heterocycles. The van der Waals surface area contributed by atoms with Gasteiger partial charge >= 0.3 is 0 Å². The van der Waals surface area contributed by atoms with Crippen LogP contribution < -0.4 is 11.1 Å². The number of anilines is 1. The Morgan fingerprint density at radius 1 is 1.30 bits per heavy atom. The second kappa shape index (κ2) is 7.99. The minimum atomic E-state index is 0.0380. The summed E-state index contributed by atoms with van der Waals surface area (Å²) in [7, 11) is 0. The summed E-state index contributed by atoms with van der Waals surface area (Å²) in [5.41, 5.74) is 7.44. The van der Waals surface area contributed by atoms with Gasteiger partial charge in [0.15, 0.2) is 0 Å². The third-order valence-electron chi connectivity index (χ3n) is 3.48. The number of hydrogen-bond donors (Lipinski definition) is 2. The molecule has 2 rings (SSSR count). The largest absolute Gasteiger partial charge is 0.380 e. The van der Waals surface area contributed by atoms with Crippen LogP contribution in [0.5, 0.6) is 0 Å². The molecule has 1 saturated heterocycles. The van der Waals surface area contributed by atoms with E-state index in [-0.39, 0.29) is 5.91 Å². The second-order valence-corrected chi connectivity index (χ2v) is 4.97. The van der Waals surface area contributed by atoms with Crippen LogP contribution in [0.4, 0.5) is 5.69 Å². The number of nitrogens with one attached hydrogen (secondary N) is 1. The lowest BCUT2D eigenvalue weighted by molar-refractivity contribution is -0.116. The van der Waals surface area contributed by atoms with Gasteiger partial charge in [0.25, 0.3) is 0 Å². The van der Waals surface area contributed by atoms with Gasteiger partial charge in [-0.1, -0.05) is 18.2 Å². The van der Waals surface area contributed by atoms with Gasteiger partial charge in [0.2, 0.25) is 5.91 Å². The molecule has 110 valence electrons. The molecule has 0 aliphatic carbocycles. The van der Waals surface area contributed by atoms with Crippen LogP contribution in [-0.2, 0) is 16.1 Å². The lowest BCUT2D eigenvalue weighted by Gasteiger charge is -2.18. The van der Waals surface area contributed by atoms with Crippen molar-refractivity contribution in [3.8, 4) is 0 Å². The molecular weight excluding hydrogens is 254 g/mol. The van der Waals surface area contributed by atoms with Crippen molar-refractivity contribution in [1.82, 2.24) is 4.90 Å². The molecule has 5 heteroatoms. The van der Waals surface area contributed by atoms with Crippen LogP contribution in [0.1, 0.15) is 18.4 Å². The molecule has 20 heavy (non-hydrogen) atoms. The lowest BCUT2D eigenvalue weighted by Crippen LogP contribution is -2.30. The highest BCUT2D eigenvalue weighted by atomic mass is 16.5. The minimum absolute atomic E-state index is 0.0380. The third-order valence-corrected chi connectivity index (χ3v) is 3.48. The standard InChI is InChI=1S/C15H23N3O2/c16-12-13-4-1-2-5-14(13)17-15(19)6-8-18-7-3-10-20-11-9-18/h1-2,4-5H,3,6-12,16H2,(H,17,19). The van der Waals surface area contributed by atoms with Gasteiger partial charge < -0.3 is 20.7 Å². The minimum Gasteiger partial charge on any atom is -0.380 e. The van der Waals surface area contributed by atoms with Crippen LogP contribution in [0.25, 0.3) is 0 Å². The predicted octanol–water partition coefficient (Wildman–Crippen LogP) is 1.20. The van der Waals surface area contributed by atoms with E-state index < -0.39 is 0 Å². The predicted molar refractivity (Wildman–Crippen MR) is 79.5 cm³/mol. The van der Waals surface area contributed by atoms with Crippen molar-refractivity contribution in [1.29, 1.82) is 0 Å². The number of para-hydroxylation sites is 1. The topological polar surface area (TPSA) is 67.6 Å². The van der Waals surface area contributed by atoms with Crippen molar-refractivity contribution in [3.63, 3.8) is 0 Å². The summed E-state index contributed by atoms with van der Waals surface area (Å²) >= 11 is 0. The summed E-state index contributed by atoms with van der Waals surface area (Å²) < 4.78 is 5.40. The first-order valence-electron chi connectivity index (χ1n) is 7.17. The van der Waals surface area contributed by atoms with Crippen molar-refractivity contribution >= 4 is 11.6 Å². The zero-order valence-electron chi connectivity index (χ0n) is 11.8. The van der Waals surface area contributed by atoms with Gasteiger partial charge in [0, 0.05) is 44.9 Å². The van der Waals surface area contributed by atoms with Crippen LogP contribution in [0.15, 0.2) is 24.3 Å². The van der Waals surface area contributed by atoms with Gasteiger partial charge in [0.1, 0.15) is 0 Å². The van der Waals surface area contributed by atoms with Crippen molar-refractivity contribution < 1.29 is 9.53 Å². The van der Waals surface area contributed by atoms with Crippen LogP contribution >= 0.6 is 0 Å². The highest BCUT2D eigenvalue weighted by Crippen LogP contribution is 2.14. The molecule has 1 fully saturated rings. The summed E-state index contributed by atoms with van der Waals surface area (Å²) in [5, 5.41) is 2.94. The Kier molecular flexibility index (Phi) is 5.98. The Morgan fingerprint density at radius 2 is 2.15 bits per heavy atom. The normalized spacial score (nSPS) is 16.6. The molecule has 3 N–H and O–H groups in total. The van der Waals surface area contributed by atoms with Gasteiger partial charge in [-0.15, -0.1) is 0 Å². The van der Waals surface area contributed by atoms with E-state index >= 15 is 0 Å². The molecule has 1 aliphatic rings. The van der Waals surface area contributed by atoms with E-state index in [0.29, 0.717) is 13.0 Å². The summed E-state index contributed by atoms with van der Waals surface area (Å²) in [6, 6.07) is 7.65. The first kappa shape index (κ1) is 15.0. The van der Waals surface area contributed by atoms with Crippen LogP contribution in [0.3, 0.4) is 0 Å². The number of rotatable bonds is 5. The highest BCUT2D eigenvalue weighted by Gasteiger charge is 2.11. The second-order valence-electron chi connectivity index (χ2n) is 4.97. The number of carbonyl (C=O) groups excluding carboxylic acids is 1. The number of carbonyl (C=O) groups is 1. The van der Waals surface area contributed by atoms with E-state index in [1.54, 1.807) is 0 Å². The number of ether oxygens (including phenoxy) is 1. The first-order valence-corrected chi connectivity index (χ1v) is 7.17. The Balaban J connectivity index is 1.80. The molecule has 1 aromatic carbocycles. The van der Waals surface area contributed by atoms with E-state index in [4.69, 9.17) is 10.5 Å². The summed E-state index contributed by atoms with van der Waals surface area (Å²) in [5.74, 6) is 0.0380. The monoisotopic (exact) mass is 277 g/mol. The van der Waals surface area contributed by atoms with Crippen LogP contribution in [0, 0.1) is 0 Å². The average Bonchev–Trinajstić information content (AvgIpc) is 2.74. The fraction of sp³-hybridized carbons (Fsp3) is 0.533. The summed E-state index contributed by atoms with van der Waals surface area (Å²) in [6.07, 6.45) is 1.54. The lowest BCUT2D eigenvalue weighted by atomic mass is 10.1. The molecular formula is C15H23N3O2. The number of amides is 1. The van der Waals surface area contributed by atoms with Gasteiger partial charge in [-0.25, -0.2) is 0 Å². The Hall–Kier alpha value is -1.43. The Labute approximate surface area is 120 Å². The fourth-order valence-electron chi connectivity index (χ4n) is 2.31. The molecule has 1 aromatic rings. The molecule has 0 radical (unpaired) electrons. The number of nitrogens with zero attached hydrogens (tertiary/aromatic N) is 1. The van der Waals surface area contributed by atoms with Crippen molar-refractivity contribution in [3.05, 3.63) is 29.8 Å². The van der Waals surface area contributed by atoms with E-state index in [0.717, 1.165) is 50.5 Å². The smallest absolute Gasteiger partial charge is 0.225 e. The Morgan fingerprint density at radius 3 is 3.00 bits per heavy atom. The van der Waals surface area contributed by atoms with Crippen LogP contribution in [-0.4, -0.2) is 43.7 Å². The highest BCUT2D eigenvalue weighted by molar-refractivity contribution is 5.91. The SMILES string of the molecule is NCc1ccccc1NC(=O)CCN1CCCOCC1. The quantitative estimate of drug-likeness (QED) is 0.848. The maximum atomic E-state index is 12.0. The van der Waals surface area contributed by atoms with Gasteiger partial charge in [-0.2, -0.15) is 0 Å². The van der Waals surface area contributed by atoms with E-state index in [1.165, 1.54) is 0 Å². The zero-order valence-corrected chi connectivity index (χ0v) is 11.8. The molecule has 0 aromatic heterocycles. The first-order chi connectivity index (χ1) is 9.79. The van der Waals surface area contributed by atoms with Gasteiger partial charge in [-0.05, 0) is 18.1 Å². The fourth-order valence-corrected chi connectivity index (χ4v) is 2.31. The average molecular weight is 277 g/mol. The van der Waals surface area contributed by atoms with Crippen LogP contribution in [0.2, 0.25) is 0 Å².